The maximum absolute atomic E-state index is 13.7. The molecule has 2 N–H and O–H groups in total. The van der Waals surface area contributed by atoms with E-state index in [9.17, 15) is 18.4 Å². The summed E-state index contributed by atoms with van der Waals surface area (Å²) in [6, 6.07) is 16.9. The lowest BCUT2D eigenvalue weighted by Crippen LogP contribution is -2.32. The number of alkyl halides is 3. The quantitative estimate of drug-likeness (QED) is 0.175. The number of nitrogens with zero attached hydrogens (tertiary/aromatic N) is 6. The van der Waals surface area contributed by atoms with Gasteiger partial charge in [-0.25, -0.2) is 9.20 Å². The molecule has 1 aliphatic carbocycles. The standard InChI is InChI=1S/C33H33F3N8/c1-22-28(29-15-18-40-44(29)27-13-11-23(20-37)12-14-27)21-43-31(30(22)24-7-5-8-25(19-24)33(34,35)36)41-32(42-43)39-17-6-16-38-26-9-3-2-4-10-26/h5,7-8,11-15,18-19,21,26,38H,2-4,6,9-10,16-17H2,1H3,(H,39,42). The number of aromatic nitrogens is 5. The highest BCUT2D eigenvalue weighted by atomic mass is 19.4. The van der Waals surface area contributed by atoms with Crippen molar-refractivity contribution >= 4 is 11.6 Å². The lowest BCUT2D eigenvalue weighted by Gasteiger charge is -2.22. The van der Waals surface area contributed by atoms with Crippen molar-refractivity contribution in [3.63, 3.8) is 0 Å². The zero-order valence-corrected chi connectivity index (χ0v) is 24.4. The van der Waals surface area contributed by atoms with E-state index in [0.29, 0.717) is 40.9 Å². The molecular weight excluding hydrogens is 565 g/mol. The summed E-state index contributed by atoms with van der Waals surface area (Å²) in [5.74, 6) is 0.410. The number of fused-ring (bicyclic) bond motifs is 1. The van der Waals surface area contributed by atoms with Crippen LogP contribution in [0.4, 0.5) is 19.1 Å². The Kier molecular flexibility index (Phi) is 8.35. The Balaban J connectivity index is 1.36. The minimum Gasteiger partial charge on any atom is -0.353 e. The van der Waals surface area contributed by atoms with Gasteiger partial charge in [0.15, 0.2) is 5.65 Å². The molecular formula is C33H33F3N8. The average Bonchev–Trinajstić information content (AvgIpc) is 3.68. The van der Waals surface area contributed by atoms with Crippen LogP contribution in [0.5, 0.6) is 0 Å². The van der Waals surface area contributed by atoms with Gasteiger partial charge in [0, 0.05) is 29.9 Å². The third kappa shape index (κ3) is 6.17. The minimum absolute atomic E-state index is 0.393. The molecule has 3 aromatic heterocycles. The predicted molar refractivity (Wildman–Crippen MR) is 163 cm³/mol. The summed E-state index contributed by atoms with van der Waals surface area (Å²) in [6.07, 6.45) is 6.24. The predicted octanol–water partition coefficient (Wildman–Crippen LogP) is 7.17. The van der Waals surface area contributed by atoms with Crippen LogP contribution in [0.1, 0.15) is 55.2 Å². The van der Waals surface area contributed by atoms with Crippen molar-refractivity contribution in [3.05, 3.63) is 83.7 Å². The van der Waals surface area contributed by atoms with Gasteiger partial charge in [0.2, 0.25) is 5.95 Å². The molecule has 1 saturated carbocycles. The Bertz CT molecular complexity index is 1790. The van der Waals surface area contributed by atoms with Gasteiger partial charge in [-0.2, -0.15) is 28.5 Å². The Hall–Kier alpha value is -4.69. The lowest BCUT2D eigenvalue weighted by molar-refractivity contribution is -0.137. The first-order valence-corrected chi connectivity index (χ1v) is 14.9. The van der Waals surface area contributed by atoms with Crippen molar-refractivity contribution in [2.24, 2.45) is 0 Å². The molecule has 0 unspecified atom stereocenters. The molecule has 1 fully saturated rings. The van der Waals surface area contributed by atoms with Crippen molar-refractivity contribution in [3.8, 4) is 34.1 Å². The number of anilines is 1. The molecule has 6 rings (SSSR count). The van der Waals surface area contributed by atoms with Gasteiger partial charge in [0.1, 0.15) is 0 Å². The highest BCUT2D eigenvalue weighted by Crippen LogP contribution is 2.38. The lowest BCUT2D eigenvalue weighted by atomic mass is 9.95. The third-order valence-corrected chi connectivity index (χ3v) is 8.20. The topological polar surface area (TPSA) is 95.9 Å². The molecule has 0 bridgehead atoms. The van der Waals surface area contributed by atoms with Crippen LogP contribution in [0.25, 0.3) is 33.7 Å². The van der Waals surface area contributed by atoms with Crippen LogP contribution in [0.15, 0.2) is 67.0 Å². The van der Waals surface area contributed by atoms with Crippen molar-refractivity contribution < 1.29 is 13.2 Å². The number of nitrogens with one attached hydrogen (secondary N) is 2. The Labute approximate surface area is 253 Å². The largest absolute Gasteiger partial charge is 0.416 e. The van der Waals surface area contributed by atoms with Crippen LogP contribution < -0.4 is 10.6 Å². The molecule has 0 spiro atoms. The number of rotatable bonds is 9. The van der Waals surface area contributed by atoms with E-state index in [0.717, 1.165) is 47.6 Å². The second-order valence-electron chi connectivity index (χ2n) is 11.2. The summed E-state index contributed by atoms with van der Waals surface area (Å²) in [5.41, 5.74) is 4.14. The van der Waals surface area contributed by atoms with Gasteiger partial charge >= 0.3 is 6.18 Å². The third-order valence-electron chi connectivity index (χ3n) is 8.20. The van der Waals surface area contributed by atoms with Crippen LogP contribution in [-0.2, 0) is 6.18 Å². The zero-order valence-electron chi connectivity index (χ0n) is 24.4. The highest BCUT2D eigenvalue weighted by Gasteiger charge is 2.31. The smallest absolute Gasteiger partial charge is 0.353 e. The van der Waals surface area contributed by atoms with Gasteiger partial charge in [-0.15, -0.1) is 5.10 Å². The summed E-state index contributed by atoms with van der Waals surface area (Å²) in [5, 5.41) is 25.3. The van der Waals surface area contributed by atoms with E-state index in [2.05, 4.69) is 26.9 Å². The Morgan fingerprint density at radius 1 is 1.02 bits per heavy atom. The number of pyridine rings is 1. The van der Waals surface area contributed by atoms with Crippen molar-refractivity contribution in [2.45, 2.75) is 57.7 Å². The van der Waals surface area contributed by atoms with E-state index < -0.39 is 11.7 Å². The van der Waals surface area contributed by atoms with E-state index >= 15 is 0 Å². The summed E-state index contributed by atoms with van der Waals surface area (Å²) < 4.78 is 44.6. The van der Waals surface area contributed by atoms with Crippen molar-refractivity contribution in [2.75, 3.05) is 18.4 Å². The maximum atomic E-state index is 13.7. The summed E-state index contributed by atoms with van der Waals surface area (Å²) in [4.78, 5) is 4.74. The van der Waals surface area contributed by atoms with E-state index in [1.54, 1.807) is 45.7 Å². The summed E-state index contributed by atoms with van der Waals surface area (Å²) in [7, 11) is 0. The second-order valence-corrected chi connectivity index (χ2v) is 11.2. The normalized spacial score (nSPS) is 14.2. The molecule has 5 aromatic rings. The first-order chi connectivity index (χ1) is 21.3. The Morgan fingerprint density at radius 3 is 2.57 bits per heavy atom. The van der Waals surface area contributed by atoms with Crippen LogP contribution in [-0.4, -0.2) is 43.5 Å². The number of hydrogen-bond acceptors (Lipinski definition) is 6. The molecule has 0 atom stereocenters. The van der Waals surface area contributed by atoms with Crippen molar-refractivity contribution in [1.29, 1.82) is 5.26 Å². The molecule has 226 valence electrons. The van der Waals surface area contributed by atoms with E-state index in [4.69, 9.17) is 4.98 Å². The van der Waals surface area contributed by atoms with Gasteiger partial charge in [-0.05, 0) is 86.3 Å². The Morgan fingerprint density at radius 2 is 1.82 bits per heavy atom. The molecule has 0 radical (unpaired) electrons. The van der Waals surface area contributed by atoms with Crippen molar-refractivity contribution in [1.82, 2.24) is 29.7 Å². The minimum atomic E-state index is -4.49. The number of nitriles is 1. The first-order valence-electron chi connectivity index (χ1n) is 14.9. The van der Waals surface area contributed by atoms with E-state index in [1.807, 2.05) is 19.2 Å². The summed E-state index contributed by atoms with van der Waals surface area (Å²) >= 11 is 0. The van der Waals surface area contributed by atoms with Gasteiger partial charge < -0.3 is 10.6 Å². The highest BCUT2D eigenvalue weighted by molar-refractivity contribution is 5.86. The van der Waals surface area contributed by atoms with Crippen LogP contribution in [0.3, 0.4) is 0 Å². The fraction of sp³-hybridized carbons (Fsp3) is 0.333. The SMILES string of the molecule is Cc1c(-c2ccnn2-c2ccc(C#N)cc2)cn2nc(NCCCNC3CCCCC3)nc2c1-c1cccc(C(F)(F)F)c1. The van der Waals surface area contributed by atoms with Gasteiger partial charge in [0.05, 0.1) is 34.8 Å². The fourth-order valence-corrected chi connectivity index (χ4v) is 5.93. The number of hydrogen-bond donors (Lipinski definition) is 2. The molecule has 3 heterocycles. The van der Waals surface area contributed by atoms with Crippen LogP contribution in [0.2, 0.25) is 0 Å². The molecule has 1 aliphatic rings. The molecule has 44 heavy (non-hydrogen) atoms. The van der Waals surface area contributed by atoms with Crippen LogP contribution >= 0.6 is 0 Å². The maximum Gasteiger partial charge on any atom is 0.416 e. The molecule has 11 heteroatoms. The number of halogens is 3. The molecule has 8 nitrogen and oxygen atoms in total. The molecule has 0 aliphatic heterocycles. The van der Waals surface area contributed by atoms with Gasteiger partial charge in [-0.1, -0.05) is 31.4 Å². The van der Waals surface area contributed by atoms with Gasteiger partial charge in [0.25, 0.3) is 0 Å². The first kappa shape index (κ1) is 29.4. The fourth-order valence-electron chi connectivity index (χ4n) is 5.93. The van der Waals surface area contributed by atoms with Crippen LogP contribution in [0, 0.1) is 18.3 Å². The average molecular weight is 599 g/mol. The number of benzene rings is 2. The summed E-state index contributed by atoms with van der Waals surface area (Å²) in [6.45, 7) is 3.43. The van der Waals surface area contributed by atoms with E-state index in [1.165, 1.54) is 38.2 Å². The zero-order chi connectivity index (χ0) is 30.7. The second kappa shape index (κ2) is 12.5. The van der Waals surface area contributed by atoms with Gasteiger partial charge in [-0.3, -0.25) is 0 Å². The monoisotopic (exact) mass is 598 g/mol. The van der Waals surface area contributed by atoms with E-state index in [-0.39, 0.29) is 0 Å². The molecule has 2 aromatic carbocycles. The molecule has 0 amide bonds. The molecule has 0 saturated heterocycles.